The van der Waals surface area contributed by atoms with Gasteiger partial charge in [-0.05, 0) is 40.9 Å². The van der Waals surface area contributed by atoms with Gasteiger partial charge in [0, 0.05) is 23.9 Å². The molecule has 2 unspecified atom stereocenters. The van der Waals surface area contributed by atoms with Crippen molar-refractivity contribution in [2.75, 3.05) is 0 Å². The third-order valence-corrected chi connectivity index (χ3v) is 4.34. The van der Waals surface area contributed by atoms with Gasteiger partial charge in [0.2, 0.25) is 0 Å². The number of ketones is 1. The monoisotopic (exact) mass is 331 g/mol. The first-order valence-corrected chi connectivity index (χ1v) is 7.20. The van der Waals surface area contributed by atoms with Crippen molar-refractivity contribution >= 4 is 21.7 Å². The molecule has 2 N–H and O–H groups in total. The van der Waals surface area contributed by atoms with Crippen molar-refractivity contribution < 1.29 is 13.6 Å². The van der Waals surface area contributed by atoms with E-state index < -0.39 is 11.6 Å². The van der Waals surface area contributed by atoms with Crippen molar-refractivity contribution in [2.24, 2.45) is 11.7 Å². The summed E-state index contributed by atoms with van der Waals surface area (Å²) >= 11 is 3.00. The third kappa shape index (κ3) is 3.20. The van der Waals surface area contributed by atoms with Gasteiger partial charge >= 0.3 is 0 Å². The summed E-state index contributed by atoms with van der Waals surface area (Å²) in [6.45, 7) is 0. The molecule has 5 heteroatoms. The van der Waals surface area contributed by atoms with Crippen LogP contribution < -0.4 is 5.73 Å². The number of hydrogen-bond acceptors (Lipinski definition) is 2. The minimum absolute atomic E-state index is 0.164. The van der Waals surface area contributed by atoms with Crippen LogP contribution in [0, 0.1) is 17.6 Å². The van der Waals surface area contributed by atoms with Gasteiger partial charge in [-0.25, -0.2) is 8.78 Å². The van der Waals surface area contributed by atoms with E-state index in [4.69, 9.17) is 5.73 Å². The maximum absolute atomic E-state index is 13.8. The Kier molecular flexibility index (Phi) is 4.68. The molecule has 0 amide bonds. The molecule has 0 aromatic heterocycles. The highest BCUT2D eigenvalue weighted by molar-refractivity contribution is 9.10. The van der Waals surface area contributed by atoms with Crippen molar-refractivity contribution in [3.05, 3.63) is 33.8 Å². The Labute approximate surface area is 119 Å². The molecule has 1 aromatic carbocycles. The summed E-state index contributed by atoms with van der Waals surface area (Å²) in [4.78, 5) is 12.2. The van der Waals surface area contributed by atoms with E-state index in [9.17, 15) is 13.6 Å². The summed E-state index contributed by atoms with van der Waals surface area (Å²) in [7, 11) is 0. The van der Waals surface area contributed by atoms with E-state index >= 15 is 0 Å². The molecule has 0 saturated heterocycles. The Morgan fingerprint density at radius 3 is 2.68 bits per heavy atom. The number of hydrogen-bond donors (Lipinski definition) is 1. The highest BCUT2D eigenvalue weighted by atomic mass is 79.9. The summed E-state index contributed by atoms with van der Waals surface area (Å²) in [5.74, 6) is -1.81. The molecule has 104 valence electrons. The number of benzene rings is 1. The predicted molar refractivity (Wildman–Crippen MR) is 72.7 cm³/mol. The van der Waals surface area contributed by atoms with Crippen molar-refractivity contribution in [1.82, 2.24) is 0 Å². The van der Waals surface area contributed by atoms with Crippen molar-refractivity contribution in [3.8, 4) is 0 Å². The highest BCUT2D eigenvalue weighted by Crippen LogP contribution is 2.27. The molecule has 1 saturated carbocycles. The van der Waals surface area contributed by atoms with Gasteiger partial charge in [-0.15, -0.1) is 0 Å². The average molecular weight is 332 g/mol. The van der Waals surface area contributed by atoms with Crippen LogP contribution in [0.2, 0.25) is 0 Å². The number of rotatable bonds is 3. The van der Waals surface area contributed by atoms with Crippen LogP contribution in [0.25, 0.3) is 0 Å². The van der Waals surface area contributed by atoms with Gasteiger partial charge in [0.15, 0.2) is 0 Å². The number of halogens is 3. The van der Waals surface area contributed by atoms with Gasteiger partial charge in [0.05, 0.1) is 4.47 Å². The predicted octanol–water partition coefficient (Wildman–Crippen LogP) is 3.36. The van der Waals surface area contributed by atoms with E-state index in [2.05, 4.69) is 15.9 Å². The molecular formula is C14H16BrF2NO. The van der Waals surface area contributed by atoms with Gasteiger partial charge in [-0.1, -0.05) is 12.8 Å². The van der Waals surface area contributed by atoms with Gasteiger partial charge in [-0.3, -0.25) is 4.79 Å². The molecule has 1 fully saturated rings. The average Bonchev–Trinajstić information content (AvgIpc) is 2.39. The highest BCUT2D eigenvalue weighted by Gasteiger charge is 2.29. The topological polar surface area (TPSA) is 43.1 Å². The molecule has 0 spiro atoms. The molecule has 1 aliphatic carbocycles. The Morgan fingerprint density at radius 2 is 2.00 bits per heavy atom. The van der Waals surface area contributed by atoms with Gasteiger partial charge in [0.1, 0.15) is 17.4 Å². The molecule has 0 aliphatic heterocycles. The van der Waals surface area contributed by atoms with Crippen LogP contribution in [0.5, 0.6) is 0 Å². The molecule has 2 rings (SSSR count). The van der Waals surface area contributed by atoms with Crippen LogP contribution in [-0.4, -0.2) is 11.8 Å². The maximum Gasteiger partial charge on any atom is 0.143 e. The van der Waals surface area contributed by atoms with Crippen LogP contribution in [0.1, 0.15) is 31.2 Å². The van der Waals surface area contributed by atoms with Crippen LogP contribution >= 0.6 is 15.9 Å². The Balaban J connectivity index is 2.17. The fourth-order valence-electron chi connectivity index (χ4n) is 2.60. The van der Waals surface area contributed by atoms with Gasteiger partial charge in [0.25, 0.3) is 0 Å². The zero-order valence-corrected chi connectivity index (χ0v) is 12.1. The van der Waals surface area contributed by atoms with Crippen molar-refractivity contribution in [2.45, 2.75) is 38.1 Å². The van der Waals surface area contributed by atoms with E-state index in [1.54, 1.807) is 0 Å². The van der Waals surface area contributed by atoms with E-state index in [-0.39, 0.29) is 34.2 Å². The lowest BCUT2D eigenvalue weighted by Crippen LogP contribution is -2.38. The largest absolute Gasteiger partial charge is 0.327 e. The summed E-state index contributed by atoms with van der Waals surface area (Å²) in [5, 5.41) is 0. The minimum atomic E-state index is -0.697. The molecule has 19 heavy (non-hydrogen) atoms. The third-order valence-electron chi connectivity index (χ3n) is 3.72. The van der Waals surface area contributed by atoms with Crippen molar-refractivity contribution in [1.29, 1.82) is 0 Å². The Morgan fingerprint density at radius 1 is 1.32 bits per heavy atom. The molecule has 2 nitrogen and oxygen atoms in total. The standard InChI is InChI=1S/C14H16BrF2NO/c15-10-5-6-11(16)9(14(10)17)7-13(19)8-3-1-2-4-12(8)18/h5-6,8,12H,1-4,7,18H2. The van der Waals surface area contributed by atoms with E-state index in [1.807, 2.05) is 0 Å². The number of carbonyl (C=O) groups excluding carboxylic acids is 1. The second kappa shape index (κ2) is 6.09. The number of Topliss-reactive ketones (excluding diaryl/α,β-unsaturated/α-hetero) is 1. The summed E-state index contributed by atoms with van der Waals surface area (Å²) in [5.41, 5.74) is 5.75. The minimum Gasteiger partial charge on any atom is -0.327 e. The Bertz CT molecular complexity index is 493. The van der Waals surface area contributed by atoms with E-state index in [0.717, 1.165) is 31.7 Å². The fourth-order valence-corrected chi connectivity index (χ4v) is 2.97. The van der Waals surface area contributed by atoms with Crippen LogP contribution in [0.4, 0.5) is 8.78 Å². The first-order chi connectivity index (χ1) is 9.00. The lowest BCUT2D eigenvalue weighted by Gasteiger charge is -2.27. The molecule has 0 heterocycles. The van der Waals surface area contributed by atoms with E-state index in [0.29, 0.717) is 0 Å². The molecule has 1 aliphatic rings. The lowest BCUT2D eigenvalue weighted by atomic mass is 9.80. The van der Waals surface area contributed by atoms with Crippen LogP contribution in [-0.2, 0) is 11.2 Å². The molecule has 1 aromatic rings. The number of carbonyl (C=O) groups is 1. The first kappa shape index (κ1) is 14.6. The molecule has 0 bridgehead atoms. The smallest absolute Gasteiger partial charge is 0.143 e. The van der Waals surface area contributed by atoms with Crippen LogP contribution in [0.15, 0.2) is 16.6 Å². The van der Waals surface area contributed by atoms with Crippen molar-refractivity contribution in [3.63, 3.8) is 0 Å². The second-order valence-corrected chi connectivity index (χ2v) is 5.87. The molecular weight excluding hydrogens is 316 g/mol. The second-order valence-electron chi connectivity index (χ2n) is 5.02. The zero-order valence-electron chi connectivity index (χ0n) is 10.5. The van der Waals surface area contributed by atoms with Crippen LogP contribution in [0.3, 0.4) is 0 Å². The summed E-state index contributed by atoms with van der Waals surface area (Å²) < 4.78 is 27.6. The first-order valence-electron chi connectivity index (χ1n) is 6.41. The Hall–Kier alpha value is -0.810. The zero-order chi connectivity index (χ0) is 14.0. The van der Waals surface area contributed by atoms with Gasteiger partial charge in [-0.2, -0.15) is 0 Å². The number of nitrogens with two attached hydrogens (primary N) is 1. The fraction of sp³-hybridized carbons (Fsp3) is 0.500. The van der Waals surface area contributed by atoms with Gasteiger partial charge < -0.3 is 5.73 Å². The lowest BCUT2D eigenvalue weighted by molar-refractivity contribution is -0.123. The molecule has 0 radical (unpaired) electrons. The SMILES string of the molecule is NC1CCCCC1C(=O)Cc1c(F)ccc(Br)c1F. The summed E-state index contributed by atoms with van der Waals surface area (Å²) in [6, 6.07) is 2.28. The summed E-state index contributed by atoms with van der Waals surface area (Å²) in [6.07, 6.45) is 3.27. The van der Waals surface area contributed by atoms with E-state index in [1.165, 1.54) is 6.07 Å². The maximum atomic E-state index is 13.8. The molecule has 2 atom stereocenters. The quantitative estimate of drug-likeness (QED) is 0.863. The normalized spacial score (nSPS) is 23.4.